The van der Waals surface area contributed by atoms with E-state index in [4.69, 9.17) is 4.74 Å². The summed E-state index contributed by atoms with van der Waals surface area (Å²) in [7, 11) is 1.64. The Labute approximate surface area is 165 Å². The van der Waals surface area contributed by atoms with Crippen molar-refractivity contribution < 1.29 is 9.53 Å². The largest absolute Gasteiger partial charge is 0.496 e. The number of methoxy groups -OCH3 is 1. The summed E-state index contributed by atoms with van der Waals surface area (Å²) in [5.41, 5.74) is 3.31. The van der Waals surface area contributed by atoms with Gasteiger partial charge >= 0.3 is 0 Å². The fourth-order valence-corrected chi connectivity index (χ4v) is 2.86. The molecule has 0 saturated heterocycles. The van der Waals surface area contributed by atoms with Gasteiger partial charge in [0.05, 0.1) is 18.4 Å². The number of ether oxygens (including phenoxy) is 1. The topological polar surface area (TPSA) is 76.1 Å². The minimum Gasteiger partial charge on any atom is -0.496 e. The average Bonchev–Trinajstić information content (AvgIpc) is 2.73. The molecule has 1 amide bonds. The van der Waals surface area contributed by atoms with Gasteiger partial charge in [-0.25, -0.2) is 9.97 Å². The van der Waals surface area contributed by atoms with E-state index in [1.165, 1.54) is 5.56 Å². The minimum atomic E-state index is -0.162. The predicted octanol–water partition coefficient (Wildman–Crippen LogP) is 3.38. The maximum Gasteiger partial charge on any atom is 0.254 e. The van der Waals surface area contributed by atoms with Crippen LogP contribution in [-0.2, 0) is 13.0 Å². The number of nitrogens with zero attached hydrogens (tertiary/aromatic N) is 2. The highest BCUT2D eigenvalue weighted by atomic mass is 16.5. The van der Waals surface area contributed by atoms with Crippen molar-refractivity contribution in [1.82, 2.24) is 15.3 Å². The van der Waals surface area contributed by atoms with Crippen LogP contribution < -0.4 is 15.4 Å². The quantitative estimate of drug-likeness (QED) is 0.630. The second kappa shape index (κ2) is 9.50. The second-order valence-corrected chi connectivity index (χ2v) is 6.35. The highest BCUT2D eigenvalue weighted by Crippen LogP contribution is 2.18. The number of carbonyl (C=O) groups excluding carboxylic acids is 1. The number of rotatable bonds is 8. The van der Waals surface area contributed by atoms with Gasteiger partial charge in [-0.05, 0) is 25.0 Å². The molecule has 0 radical (unpaired) electrons. The molecular weight excluding hydrogens is 352 g/mol. The summed E-state index contributed by atoms with van der Waals surface area (Å²) in [6.45, 7) is 2.91. The summed E-state index contributed by atoms with van der Waals surface area (Å²) in [5.74, 6) is 1.12. The molecule has 6 nitrogen and oxygen atoms in total. The zero-order valence-corrected chi connectivity index (χ0v) is 16.1. The molecular formula is C22H24N4O2. The molecule has 1 heterocycles. The molecule has 2 aromatic carbocycles. The highest BCUT2D eigenvalue weighted by molar-refractivity contribution is 5.94. The van der Waals surface area contributed by atoms with Crippen LogP contribution in [0.4, 0.5) is 5.95 Å². The van der Waals surface area contributed by atoms with Gasteiger partial charge in [0.25, 0.3) is 5.91 Å². The molecule has 0 aliphatic heterocycles. The van der Waals surface area contributed by atoms with Crippen molar-refractivity contribution in [3.63, 3.8) is 0 Å². The van der Waals surface area contributed by atoms with Gasteiger partial charge in [-0.15, -0.1) is 0 Å². The van der Waals surface area contributed by atoms with Gasteiger partial charge in [0.2, 0.25) is 5.95 Å². The van der Waals surface area contributed by atoms with Gasteiger partial charge < -0.3 is 15.4 Å². The molecule has 0 saturated carbocycles. The number of nitrogens with one attached hydrogen (secondary N) is 2. The first-order valence-electron chi connectivity index (χ1n) is 9.19. The Morgan fingerprint density at radius 3 is 2.57 bits per heavy atom. The molecule has 0 atom stereocenters. The Morgan fingerprint density at radius 2 is 1.82 bits per heavy atom. The van der Waals surface area contributed by atoms with Crippen molar-refractivity contribution >= 4 is 11.9 Å². The van der Waals surface area contributed by atoms with Gasteiger partial charge in [-0.2, -0.15) is 0 Å². The summed E-state index contributed by atoms with van der Waals surface area (Å²) in [6, 6.07) is 17.8. The van der Waals surface area contributed by atoms with E-state index in [2.05, 4.69) is 20.6 Å². The van der Waals surface area contributed by atoms with Crippen molar-refractivity contribution in [2.24, 2.45) is 0 Å². The number of carbonyl (C=O) groups is 1. The van der Waals surface area contributed by atoms with Crippen LogP contribution in [0.25, 0.3) is 0 Å². The maximum absolute atomic E-state index is 12.4. The molecule has 0 aliphatic carbocycles. The van der Waals surface area contributed by atoms with E-state index in [1.807, 2.05) is 61.5 Å². The molecule has 6 heteroatoms. The van der Waals surface area contributed by atoms with Crippen molar-refractivity contribution in [3.05, 3.63) is 83.2 Å². The predicted molar refractivity (Wildman–Crippen MR) is 110 cm³/mol. The zero-order valence-electron chi connectivity index (χ0n) is 16.1. The van der Waals surface area contributed by atoms with Crippen LogP contribution >= 0.6 is 0 Å². The molecule has 0 bridgehead atoms. The first-order chi connectivity index (χ1) is 13.7. The van der Waals surface area contributed by atoms with E-state index in [9.17, 15) is 4.79 Å². The number of para-hydroxylation sites is 1. The molecule has 1 aromatic heterocycles. The van der Waals surface area contributed by atoms with Crippen molar-refractivity contribution in [2.45, 2.75) is 19.9 Å². The van der Waals surface area contributed by atoms with Crippen LogP contribution in [0.3, 0.4) is 0 Å². The average molecular weight is 376 g/mol. The third-order valence-electron chi connectivity index (χ3n) is 4.40. The Bertz CT molecular complexity index is 929. The van der Waals surface area contributed by atoms with E-state index in [1.54, 1.807) is 13.3 Å². The number of benzene rings is 2. The Morgan fingerprint density at radius 1 is 1.07 bits per heavy atom. The normalized spacial score (nSPS) is 10.4. The van der Waals surface area contributed by atoms with Crippen LogP contribution in [-0.4, -0.2) is 29.5 Å². The van der Waals surface area contributed by atoms with E-state index < -0.39 is 0 Å². The lowest BCUT2D eigenvalue weighted by Crippen LogP contribution is -2.27. The first kappa shape index (κ1) is 19.4. The molecule has 144 valence electrons. The van der Waals surface area contributed by atoms with Crippen molar-refractivity contribution in [1.29, 1.82) is 0 Å². The summed E-state index contributed by atoms with van der Waals surface area (Å²) in [6.07, 6.45) is 2.34. The third-order valence-corrected chi connectivity index (χ3v) is 4.40. The summed E-state index contributed by atoms with van der Waals surface area (Å²) in [4.78, 5) is 21.1. The SMILES string of the molecule is COc1ccccc1CNc1ncc(C(=O)NCCc2ccccc2)c(C)n1. The summed E-state index contributed by atoms with van der Waals surface area (Å²) in [5, 5.41) is 6.10. The van der Waals surface area contributed by atoms with Crippen molar-refractivity contribution in [3.8, 4) is 5.75 Å². The smallest absolute Gasteiger partial charge is 0.254 e. The zero-order chi connectivity index (χ0) is 19.8. The lowest BCUT2D eigenvalue weighted by atomic mass is 10.1. The van der Waals surface area contributed by atoms with Crippen LogP contribution in [0.1, 0.15) is 27.2 Å². The number of hydrogen-bond acceptors (Lipinski definition) is 5. The van der Waals surface area contributed by atoms with E-state index in [0.29, 0.717) is 30.3 Å². The van der Waals surface area contributed by atoms with Crippen LogP contribution in [0.5, 0.6) is 5.75 Å². The summed E-state index contributed by atoms with van der Waals surface area (Å²) >= 11 is 0. The number of aryl methyl sites for hydroxylation is 1. The van der Waals surface area contributed by atoms with Gasteiger partial charge in [-0.3, -0.25) is 4.79 Å². The van der Waals surface area contributed by atoms with Crippen molar-refractivity contribution in [2.75, 3.05) is 19.0 Å². The second-order valence-electron chi connectivity index (χ2n) is 6.35. The maximum atomic E-state index is 12.4. The van der Waals surface area contributed by atoms with Crippen LogP contribution in [0, 0.1) is 6.92 Å². The lowest BCUT2D eigenvalue weighted by Gasteiger charge is -2.11. The first-order valence-corrected chi connectivity index (χ1v) is 9.19. The molecule has 3 rings (SSSR count). The molecule has 0 aliphatic rings. The van der Waals surface area contributed by atoms with E-state index in [-0.39, 0.29) is 5.91 Å². The van der Waals surface area contributed by atoms with Gasteiger partial charge in [0.1, 0.15) is 5.75 Å². The van der Waals surface area contributed by atoms with E-state index >= 15 is 0 Å². The minimum absolute atomic E-state index is 0.162. The number of hydrogen-bond donors (Lipinski definition) is 2. The van der Waals surface area contributed by atoms with Gasteiger partial charge in [-0.1, -0.05) is 48.5 Å². The monoisotopic (exact) mass is 376 g/mol. The fourth-order valence-electron chi connectivity index (χ4n) is 2.86. The van der Waals surface area contributed by atoms with Gasteiger partial charge in [0, 0.05) is 24.8 Å². The Hall–Kier alpha value is -3.41. The molecule has 0 unspecified atom stereocenters. The highest BCUT2D eigenvalue weighted by Gasteiger charge is 2.12. The molecule has 28 heavy (non-hydrogen) atoms. The molecule has 0 spiro atoms. The summed E-state index contributed by atoms with van der Waals surface area (Å²) < 4.78 is 5.34. The molecule has 3 aromatic rings. The van der Waals surface area contributed by atoms with Gasteiger partial charge in [0.15, 0.2) is 0 Å². The Balaban J connectivity index is 1.56. The molecule has 2 N–H and O–H groups in total. The third kappa shape index (κ3) is 5.07. The Kier molecular flexibility index (Phi) is 6.57. The number of amides is 1. The lowest BCUT2D eigenvalue weighted by molar-refractivity contribution is 0.0952. The number of aromatic nitrogens is 2. The number of anilines is 1. The van der Waals surface area contributed by atoms with Crippen LogP contribution in [0.15, 0.2) is 60.8 Å². The van der Waals surface area contributed by atoms with Crippen LogP contribution in [0.2, 0.25) is 0 Å². The standard InChI is InChI=1S/C22H24N4O2/c1-16-19(21(27)23-13-12-17-8-4-3-5-9-17)15-25-22(26-16)24-14-18-10-6-7-11-20(18)28-2/h3-11,15H,12-14H2,1-2H3,(H,23,27)(H,24,25,26). The van der Waals surface area contributed by atoms with E-state index in [0.717, 1.165) is 17.7 Å². The fraction of sp³-hybridized carbons (Fsp3) is 0.227. The molecule has 0 fully saturated rings.